The van der Waals surface area contributed by atoms with Crippen LogP contribution in [0.3, 0.4) is 0 Å². The third-order valence-electron chi connectivity index (χ3n) is 2.85. The SMILES string of the molecule is CN1CCN(CCSc2nnc(CN)o2)CC1. The van der Waals surface area contributed by atoms with E-state index >= 15 is 0 Å². The van der Waals surface area contributed by atoms with Crippen LogP contribution in [-0.4, -0.2) is 65.5 Å². The van der Waals surface area contributed by atoms with Gasteiger partial charge in [-0.1, -0.05) is 11.8 Å². The van der Waals surface area contributed by atoms with Crippen LogP contribution in [0.15, 0.2) is 9.64 Å². The lowest BCUT2D eigenvalue weighted by Gasteiger charge is -2.32. The van der Waals surface area contributed by atoms with Crippen molar-refractivity contribution in [2.75, 3.05) is 45.5 Å². The maximum absolute atomic E-state index is 5.40. The fraction of sp³-hybridized carbons (Fsp3) is 0.800. The van der Waals surface area contributed by atoms with Gasteiger partial charge in [-0.2, -0.15) is 0 Å². The first-order valence-corrected chi connectivity index (χ1v) is 6.82. The number of rotatable bonds is 5. The summed E-state index contributed by atoms with van der Waals surface area (Å²) in [6.07, 6.45) is 0. The van der Waals surface area contributed by atoms with Crippen LogP contribution in [0.2, 0.25) is 0 Å². The van der Waals surface area contributed by atoms with Crippen molar-refractivity contribution >= 4 is 11.8 Å². The van der Waals surface area contributed by atoms with Crippen molar-refractivity contribution in [3.8, 4) is 0 Å². The number of thioether (sulfide) groups is 1. The summed E-state index contributed by atoms with van der Waals surface area (Å²) in [5.41, 5.74) is 5.40. The standard InChI is InChI=1S/C10H19N5OS/c1-14-2-4-15(5-3-14)6-7-17-10-13-12-9(8-11)16-10/h2-8,11H2,1H3. The molecular weight excluding hydrogens is 238 g/mol. The minimum absolute atomic E-state index is 0.312. The average molecular weight is 257 g/mol. The molecule has 0 saturated carbocycles. The van der Waals surface area contributed by atoms with E-state index in [2.05, 4.69) is 27.0 Å². The molecule has 1 saturated heterocycles. The predicted octanol–water partition coefficient (Wildman–Crippen LogP) is -0.132. The number of nitrogens with two attached hydrogens (primary N) is 1. The van der Waals surface area contributed by atoms with E-state index in [1.807, 2.05) is 0 Å². The molecule has 0 atom stereocenters. The van der Waals surface area contributed by atoms with Crippen LogP contribution in [0, 0.1) is 0 Å². The van der Waals surface area contributed by atoms with Gasteiger partial charge in [0.1, 0.15) is 0 Å². The number of hydrogen-bond acceptors (Lipinski definition) is 7. The first-order chi connectivity index (χ1) is 8.28. The summed E-state index contributed by atoms with van der Waals surface area (Å²) in [5.74, 6) is 1.49. The highest BCUT2D eigenvalue weighted by molar-refractivity contribution is 7.99. The second-order valence-electron chi connectivity index (χ2n) is 4.16. The van der Waals surface area contributed by atoms with Gasteiger partial charge in [-0.15, -0.1) is 10.2 Å². The van der Waals surface area contributed by atoms with E-state index < -0.39 is 0 Å². The second kappa shape index (κ2) is 6.34. The van der Waals surface area contributed by atoms with Crippen molar-refractivity contribution in [3.05, 3.63) is 5.89 Å². The van der Waals surface area contributed by atoms with Crippen LogP contribution in [0.25, 0.3) is 0 Å². The van der Waals surface area contributed by atoms with Gasteiger partial charge in [0.05, 0.1) is 6.54 Å². The Morgan fingerprint density at radius 2 is 2.06 bits per heavy atom. The average Bonchev–Trinajstić information content (AvgIpc) is 2.80. The minimum Gasteiger partial charge on any atom is -0.415 e. The van der Waals surface area contributed by atoms with Gasteiger partial charge in [0.15, 0.2) is 0 Å². The molecule has 6 nitrogen and oxygen atoms in total. The van der Waals surface area contributed by atoms with Crippen molar-refractivity contribution in [1.82, 2.24) is 20.0 Å². The van der Waals surface area contributed by atoms with Crippen molar-refractivity contribution < 1.29 is 4.42 Å². The Morgan fingerprint density at radius 1 is 1.29 bits per heavy atom. The van der Waals surface area contributed by atoms with Crippen molar-refractivity contribution in [1.29, 1.82) is 0 Å². The van der Waals surface area contributed by atoms with Crippen LogP contribution >= 0.6 is 11.8 Å². The summed E-state index contributed by atoms with van der Waals surface area (Å²) < 4.78 is 5.33. The van der Waals surface area contributed by atoms with Gasteiger partial charge in [-0.3, -0.25) is 4.90 Å². The van der Waals surface area contributed by atoms with Gasteiger partial charge in [0, 0.05) is 38.5 Å². The second-order valence-corrected chi connectivity index (χ2v) is 5.21. The van der Waals surface area contributed by atoms with Crippen molar-refractivity contribution in [2.45, 2.75) is 11.8 Å². The molecule has 0 amide bonds. The molecule has 2 rings (SSSR count). The highest BCUT2D eigenvalue weighted by atomic mass is 32.2. The van der Waals surface area contributed by atoms with E-state index in [-0.39, 0.29) is 0 Å². The highest BCUT2D eigenvalue weighted by Crippen LogP contribution is 2.16. The van der Waals surface area contributed by atoms with E-state index in [1.54, 1.807) is 11.8 Å². The Hall–Kier alpha value is -0.630. The van der Waals surface area contributed by atoms with Gasteiger partial charge in [0.25, 0.3) is 5.22 Å². The number of likely N-dealkylation sites (N-methyl/N-ethyl adjacent to an activating group) is 1. The Morgan fingerprint density at radius 3 is 2.71 bits per heavy atom. The topological polar surface area (TPSA) is 71.4 Å². The van der Waals surface area contributed by atoms with Gasteiger partial charge in [-0.05, 0) is 7.05 Å². The molecule has 7 heteroatoms. The third-order valence-corrected chi connectivity index (χ3v) is 3.65. The largest absolute Gasteiger partial charge is 0.415 e. The van der Waals surface area contributed by atoms with Crippen molar-refractivity contribution in [2.24, 2.45) is 5.73 Å². The van der Waals surface area contributed by atoms with Gasteiger partial charge < -0.3 is 15.1 Å². The Bertz CT molecular complexity index is 337. The molecule has 1 aliphatic heterocycles. The van der Waals surface area contributed by atoms with E-state index in [0.717, 1.165) is 38.5 Å². The zero-order valence-corrected chi connectivity index (χ0v) is 10.9. The molecule has 1 aliphatic rings. The highest BCUT2D eigenvalue weighted by Gasteiger charge is 2.13. The van der Waals surface area contributed by atoms with Crippen LogP contribution in [-0.2, 0) is 6.54 Å². The Balaban J connectivity index is 1.65. The molecular formula is C10H19N5OS. The monoisotopic (exact) mass is 257 g/mol. The molecule has 0 aliphatic carbocycles. The first kappa shape index (κ1) is 12.8. The number of hydrogen-bond donors (Lipinski definition) is 1. The van der Waals surface area contributed by atoms with Crippen LogP contribution < -0.4 is 5.73 Å². The molecule has 0 radical (unpaired) electrons. The molecule has 0 aromatic carbocycles. The molecule has 1 aromatic heterocycles. The summed E-state index contributed by atoms with van der Waals surface area (Å²) in [5, 5.41) is 8.37. The van der Waals surface area contributed by atoms with E-state index in [0.29, 0.717) is 17.7 Å². The van der Waals surface area contributed by atoms with Crippen LogP contribution in [0.5, 0.6) is 0 Å². The summed E-state index contributed by atoms with van der Waals surface area (Å²) in [4.78, 5) is 4.82. The molecule has 2 heterocycles. The fourth-order valence-electron chi connectivity index (χ4n) is 1.71. The van der Waals surface area contributed by atoms with E-state index in [9.17, 15) is 0 Å². The molecule has 1 aromatic rings. The molecule has 0 spiro atoms. The lowest BCUT2D eigenvalue weighted by molar-refractivity contribution is 0.161. The summed E-state index contributed by atoms with van der Waals surface area (Å²) in [6, 6.07) is 0. The van der Waals surface area contributed by atoms with E-state index in [4.69, 9.17) is 10.2 Å². The lowest BCUT2D eigenvalue weighted by atomic mass is 10.3. The molecule has 17 heavy (non-hydrogen) atoms. The maximum atomic E-state index is 5.40. The molecule has 96 valence electrons. The zero-order valence-electron chi connectivity index (χ0n) is 10.1. The first-order valence-electron chi connectivity index (χ1n) is 5.84. The lowest BCUT2D eigenvalue weighted by Crippen LogP contribution is -2.45. The summed E-state index contributed by atoms with van der Waals surface area (Å²) in [7, 11) is 2.17. The molecule has 0 unspecified atom stereocenters. The number of aromatic nitrogens is 2. The maximum Gasteiger partial charge on any atom is 0.276 e. The van der Waals surface area contributed by atoms with Crippen LogP contribution in [0.4, 0.5) is 0 Å². The third kappa shape index (κ3) is 3.95. The minimum atomic E-state index is 0.312. The van der Waals surface area contributed by atoms with Gasteiger partial charge in [0.2, 0.25) is 5.89 Å². The smallest absolute Gasteiger partial charge is 0.276 e. The summed E-state index contributed by atoms with van der Waals surface area (Å²) in [6.45, 7) is 5.99. The predicted molar refractivity (Wildman–Crippen MR) is 66.9 cm³/mol. The number of piperazine rings is 1. The normalized spacial score (nSPS) is 18.7. The van der Waals surface area contributed by atoms with Gasteiger partial charge >= 0.3 is 0 Å². The Labute approximate surface area is 106 Å². The molecule has 2 N–H and O–H groups in total. The quantitative estimate of drug-likeness (QED) is 0.737. The Kier molecular flexibility index (Phi) is 4.78. The van der Waals surface area contributed by atoms with Crippen molar-refractivity contribution in [3.63, 3.8) is 0 Å². The molecule has 0 bridgehead atoms. The fourth-order valence-corrected chi connectivity index (χ4v) is 2.49. The van der Waals surface area contributed by atoms with E-state index in [1.165, 1.54) is 0 Å². The zero-order chi connectivity index (χ0) is 12.1. The molecule has 1 fully saturated rings. The number of nitrogens with zero attached hydrogens (tertiary/aromatic N) is 4. The van der Waals surface area contributed by atoms with Gasteiger partial charge in [-0.25, -0.2) is 0 Å². The summed E-state index contributed by atoms with van der Waals surface area (Å²) >= 11 is 1.60. The van der Waals surface area contributed by atoms with Crippen LogP contribution in [0.1, 0.15) is 5.89 Å².